The van der Waals surface area contributed by atoms with Crippen molar-refractivity contribution in [1.29, 1.82) is 0 Å². The summed E-state index contributed by atoms with van der Waals surface area (Å²) in [4.78, 5) is 29.1. The summed E-state index contributed by atoms with van der Waals surface area (Å²) in [5.41, 5.74) is 6.56. The molecule has 0 radical (unpaired) electrons. The molecule has 7 heteroatoms. The highest BCUT2D eigenvalue weighted by molar-refractivity contribution is 5.63. The van der Waals surface area contributed by atoms with E-state index in [9.17, 15) is 9.59 Å². The Morgan fingerprint density at radius 1 is 1.24 bits per heavy atom. The van der Waals surface area contributed by atoms with Crippen LogP contribution in [0, 0.1) is 0 Å². The van der Waals surface area contributed by atoms with Crippen molar-refractivity contribution in [1.82, 2.24) is 9.55 Å². The van der Waals surface area contributed by atoms with Gasteiger partial charge in [-0.1, -0.05) is 30.3 Å². The van der Waals surface area contributed by atoms with E-state index >= 15 is 0 Å². The van der Waals surface area contributed by atoms with Crippen LogP contribution in [0.4, 0.5) is 11.5 Å². The average molecular weight is 344 g/mol. The fourth-order valence-electron chi connectivity index (χ4n) is 3.19. The van der Waals surface area contributed by atoms with Gasteiger partial charge in [-0.05, 0) is 31.2 Å². The highest BCUT2D eigenvalue weighted by atomic mass is 16.3. The number of hydrogen-bond acceptors (Lipinski definition) is 5. The quantitative estimate of drug-likeness (QED) is 0.692. The van der Waals surface area contributed by atoms with Gasteiger partial charge in [0.05, 0.1) is 6.54 Å². The third-order valence-electron chi connectivity index (χ3n) is 4.76. The Kier molecular flexibility index (Phi) is 5.23. The van der Waals surface area contributed by atoms with Crippen molar-refractivity contribution in [3.8, 4) is 0 Å². The number of rotatable bonds is 7. The van der Waals surface area contributed by atoms with Gasteiger partial charge in [0.15, 0.2) is 0 Å². The Hall–Kier alpha value is -2.54. The van der Waals surface area contributed by atoms with Crippen molar-refractivity contribution in [2.75, 3.05) is 23.8 Å². The highest BCUT2D eigenvalue weighted by Gasteiger charge is 2.29. The number of H-pyrrole nitrogens is 1. The van der Waals surface area contributed by atoms with E-state index in [0.717, 1.165) is 24.8 Å². The number of nitrogens with two attached hydrogens (primary N) is 1. The molecule has 1 aliphatic carbocycles. The molecule has 0 aliphatic heterocycles. The Balaban J connectivity index is 2.02. The number of nitrogen functional groups attached to an aromatic ring is 1. The first kappa shape index (κ1) is 17.3. The number of nitrogens with zero attached hydrogens (tertiary/aromatic N) is 2. The van der Waals surface area contributed by atoms with E-state index in [0.29, 0.717) is 25.2 Å². The first-order chi connectivity index (χ1) is 12.1. The van der Waals surface area contributed by atoms with E-state index in [4.69, 9.17) is 10.8 Å². The first-order valence-electron chi connectivity index (χ1n) is 8.66. The molecule has 2 aromatic rings. The minimum Gasteiger partial charge on any atom is -0.396 e. The van der Waals surface area contributed by atoms with Gasteiger partial charge in [-0.25, -0.2) is 4.79 Å². The van der Waals surface area contributed by atoms with Crippen LogP contribution in [0.2, 0.25) is 0 Å². The van der Waals surface area contributed by atoms with Crippen molar-refractivity contribution in [2.45, 2.75) is 38.3 Å². The van der Waals surface area contributed by atoms with Crippen molar-refractivity contribution < 1.29 is 5.11 Å². The van der Waals surface area contributed by atoms with Gasteiger partial charge in [0.2, 0.25) is 0 Å². The zero-order chi connectivity index (χ0) is 17.8. The SMILES string of the molecule is Nc1c(N(CCCO)C2CCC2)c(=O)[nH]c(=O)n1Cc1ccccc1. The van der Waals surface area contributed by atoms with Gasteiger partial charge in [-0.3, -0.25) is 14.3 Å². The predicted molar refractivity (Wildman–Crippen MR) is 98.0 cm³/mol. The average Bonchev–Trinajstić information content (AvgIpc) is 2.55. The molecule has 0 amide bonds. The van der Waals surface area contributed by atoms with Gasteiger partial charge >= 0.3 is 5.69 Å². The molecule has 3 rings (SSSR count). The molecule has 1 aromatic heterocycles. The highest BCUT2D eigenvalue weighted by Crippen LogP contribution is 2.30. The molecular formula is C18H24N4O3. The molecule has 1 heterocycles. The van der Waals surface area contributed by atoms with Crippen LogP contribution in [-0.2, 0) is 6.54 Å². The lowest BCUT2D eigenvalue weighted by molar-refractivity contribution is 0.282. The van der Waals surface area contributed by atoms with E-state index in [-0.39, 0.29) is 18.5 Å². The monoisotopic (exact) mass is 344 g/mol. The van der Waals surface area contributed by atoms with Crippen molar-refractivity contribution in [2.24, 2.45) is 0 Å². The lowest BCUT2D eigenvalue weighted by Crippen LogP contribution is -2.46. The third kappa shape index (κ3) is 3.61. The van der Waals surface area contributed by atoms with Gasteiger partial charge in [-0.15, -0.1) is 0 Å². The van der Waals surface area contributed by atoms with Crippen LogP contribution in [0.25, 0.3) is 0 Å². The van der Waals surface area contributed by atoms with E-state index in [2.05, 4.69) is 4.98 Å². The van der Waals surface area contributed by atoms with Crippen LogP contribution < -0.4 is 21.9 Å². The van der Waals surface area contributed by atoms with Gasteiger partial charge in [-0.2, -0.15) is 0 Å². The maximum Gasteiger partial charge on any atom is 0.330 e. The number of aromatic nitrogens is 2. The third-order valence-corrected chi connectivity index (χ3v) is 4.76. The molecule has 1 aliphatic rings. The fraction of sp³-hybridized carbons (Fsp3) is 0.444. The Bertz CT molecular complexity index is 824. The summed E-state index contributed by atoms with van der Waals surface area (Å²) in [6.45, 7) is 0.885. The molecular weight excluding hydrogens is 320 g/mol. The lowest BCUT2D eigenvalue weighted by atomic mass is 9.91. The Morgan fingerprint density at radius 2 is 1.96 bits per heavy atom. The van der Waals surface area contributed by atoms with Crippen molar-refractivity contribution >= 4 is 11.5 Å². The molecule has 7 nitrogen and oxygen atoms in total. The second-order valence-corrected chi connectivity index (χ2v) is 6.42. The molecule has 1 saturated carbocycles. The maximum atomic E-state index is 12.5. The maximum absolute atomic E-state index is 12.5. The van der Waals surface area contributed by atoms with Crippen LogP contribution >= 0.6 is 0 Å². The minimum absolute atomic E-state index is 0.0463. The number of aliphatic hydroxyl groups excluding tert-OH is 1. The summed E-state index contributed by atoms with van der Waals surface area (Å²) < 4.78 is 1.40. The molecule has 0 atom stereocenters. The second-order valence-electron chi connectivity index (χ2n) is 6.42. The van der Waals surface area contributed by atoms with Crippen molar-refractivity contribution in [3.63, 3.8) is 0 Å². The number of nitrogens with one attached hydrogen (secondary N) is 1. The predicted octanol–water partition coefficient (Wildman–Crippen LogP) is 0.908. The summed E-state index contributed by atoms with van der Waals surface area (Å²) in [6.07, 6.45) is 3.64. The molecule has 1 fully saturated rings. The Labute approximate surface area is 145 Å². The molecule has 4 N–H and O–H groups in total. The zero-order valence-corrected chi connectivity index (χ0v) is 14.1. The van der Waals surface area contributed by atoms with E-state index in [1.807, 2.05) is 35.2 Å². The summed E-state index contributed by atoms with van der Waals surface area (Å²) in [6, 6.07) is 9.74. The van der Waals surface area contributed by atoms with Gasteiger partial charge in [0.25, 0.3) is 5.56 Å². The van der Waals surface area contributed by atoms with Gasteiger partial charge in [0, 0.05) is 19.2 Å². The summed E-state index contributed by atoms with van der Waals surface area (Å²) in [7, 11) is 0. The summed E-state index contributed by atoms with van der Waals surface area (Å²) in [5, 5.41) is 9.17. The Morgan fingerprint density at radius 3 is 2.56 bits per heavy atom. The van der Waals surface area contributed by atoms with Crippen LogP contribution in [0.15, 0.2) is 39.9 Å². The number of hydrogen-bond donors (Lipinski definition) is 3. The molecule has 0 bridgehead atoms. The fourth-order valence-corrected chi connectivity index (χ4v) is 3.19. The van der Waals surface area contributed by atoms with Crippen LogP contribution in [0.5, 0.6) is 0 Å². The van der Waals surface area contributed by atoms with Gasteiger partial charge in [0.1, 0.15) is 11.5 Å². The largest absolute Gasteiger partial charge is 0.396 e. The molecule has 134 valence electrons. The summed E-state index contributed by atoms with van der Waals surface area (Å²) in [5.74, 6) is 0.183. The van der Waals surface area contributed by atoms with E-state index in [1.165, 1.54) is 4.57 Å². The molecule has 0 spiro atoms. The second kappa shape index (κ2) is 7.57. The number of anilines is 2. The molecule has 25 heavy (non-hydrogen) atoms. The van der Waals surface area contributed by atoms with Crippen LogP contribution in [0.3, 0.4) is 0 Å². The normalized spacial score (nSPS) is 14.3. The number of aliphatic hydroxyl groups is 1. The van der Waals surface area contributed by atoms with Crippen LogP contribution in [-0.4, -0.2) is 33.9 Å². The van der Waals surface area contributed by atoms with Gasteiger partial charge < -0.3 is 15.7 Å². The zero-order valence-electron chi connectivity index (χ0n) is 14.1. The minimum atomic E-state index is -0.508. The molecule has 0 unspecified atom stereocenters. The van der Waals surface area contributed by atoms with Crippen LogP contribution in [0.1, 0.15) is 31.2 Å². The molecule has 1 aromatic carbocycles. The van der Waals surface area contributed by atoms with Crippen molar-refractivity contribution in [3.05, 3.63) is 56.7 Å². The topological polar surface area (TPSA) is 104 Å². The molecule has 0 saturated heterocycles. The lowest BCUT2D eigenvalue weighted by Gasteiger charge is -2.39. The standard InChI is InChI=1S/C18H24N4O3/c19-16-15(21(10-5-11-23)14-8-4-9-14)17(24)20-18(25)22(16)12-13-6-2-1-3-7-13/h1-3,6-7,14,23H,4-5,8-12,19H2,(H,20,24,25). The van der Waals surface area contributed by atoms with E-state index < -0.39 is 11.2 Å². The van der Waals surface area contributed by atoms with E-state index in [1.54, 1.807) is 0 Å². The smallest absolute Gasteiger partial charge is 0.330 e. The summed E-state index contributed by atoms with van der Waals surface area (Å²) >= 11 is 0. The first-order valence-corrected chi connectivity index (χ1v) is 8.66. The number of aromatic amines is 1. The number of benzene rings is 1.